The molecule has 3 rings (SSSR count). The van der Waals surface area contributed by atoms with Crippen LogP contribution < -0.4 is 0 Å². The summed E-state index contributed by atoms with van der Waals surface area (Å²) in [6, 6.07) is 6.45. The number of esters is 1. The average molecular weight is 390 g/mol. The molecule has 0 radical (unpaired) electrons. The number of ether oxygens (including phenoxy) is 1. The van der Waals surface area contributed by atoms with Gasteiger partial charge in [-0.15, -0.1) is 0 Å². The first-order valence-corrected chi connectivity index (χ1v) is 10.1. The Morgan fingerprint density at radius 1 is 1.25 bits per heavy atom. The largest absolute Gasteiger partial charge is 0.460 e. The van der Waals surface area contributed by atoms with Crippen LogP contribution in [0.3, 0.4) is 0 Å². The summed E-state index contributed by atoms with van der Waals surface area (Å²) in [6.07, 6.45) is 2.72. The normalized spacial score (nSPS) is 25.6. The fourth-order valence-corrected chi connectivity index (χ4v) is 4.43. The Kier molecular flexibility index (Phi) is 5.80. The van der Waals surface area contributed by atoms with Crippen molar-refractivity contribution < 1.29 is 18.7 Å². The number of hydrogen-bond donors (Lipinski definition) is 0. The lowest BCUT2D eigenvalue weighted by Crippen LogP contribution is -2.43. The first kappa shape index (κ1) is 20.8. The number of carbonyl (C=O) groups excluding carboxylic acids is 2. The second kappa shape index (κ2) is 7.82. The molecule has 4 atom stereocenters. The Morgan fingerprint density at radius 3 is 2.50 bits per heavy atom. The summed E-state index contributed by atoms with van der Waals surface area (Å²) in [5, 5.41) is 0. The molecule has 2 aliphatic heterocycles. The van der Waals surface area contributed by atoms with Crippen LogP contribution in [-0.4, -0.2) is 53.0 Å². The van der Waals surface area contributed by atoms with Crippen molar-refractivity contribution in [2.24, 2.45) is 5.92 Å². The van der Waals surface area contributed by atoms with Gasteiger partial charge in [0, 0.05) is 19.1 Å². The predicted octanol–water partition coefficient (Wildman–Crippen LogP) is 3.54. The van der Waals surface area contributed by atoms with E-state index in [0.717, 1.165) is 24.8 Å². The van der Waals surface area contributed by atoms with Crippen LogP contribution in [-0.2, 0) is 14.3 Å². The number of fused-ring (bicyclic) bond motifs is 2. The van der Waals surface area contributed by atoms with E-state index in [1.165, 1.54) is 12.1 Å². The Labute approximate surface area is 166 Å². The van der Waals surface area contributed by atoms with Crippen molar-refractivity contribution in [2.45, 2.75) is 70.7 Å². The molecule has 1 aromatic rings. The quantitative estimate of drug-likeness (QED) is 0.722. The number of carbonyl (C=O) groups is 2. The van der Waals surface area contributed by atoms with Gasteiger partial charge in [0.05, 0.1) is 18.5 Å². The van der Waals surface area contributed by atoms with Crippen LogP contribution >= 0.6 is 0 Å². The monoisotopic (exact) mass is 390 g/mol. The molecule has 0 aromatic heterocycles. The summed E-state index contributed by atoms with van der Waals surface area (Å²) in [4.78, 5) is 29.3. The van der Waals surface area contributed by atoms with E-state index < -0.39 is 5.60 Å². The molecule has 2 saturated heterocycles. The van der Waals surface area contributed by atoms with Crippen LogP contribution in [0, 0.1) is 11.7 Å². The third kappa shape index (κ3) is 4.37. The highest BCUT2D eigenvalue weighted by atomic mass is 19.1. The van der Waals surface area contributed by atoms with E-state index in [1.54, 1.807) is 24.1 Å². The van der Waals surface area contributed by atoms with Crippen molar-refractivity contribution in [3.63, 3.8) is 0 Å². The third-order valence-corrected chi connectivity index (χ3v) is 6.04. The molecule has 154 valence electrons. The van der Waals surface area contributed by atoms with Gasteiger partial charge in [0.25, 0.3) is 0 Å². The van der Waals surface area contributed by atoms with Crippen LogP contribution in [0.4, 0.5) is 4.39 Å². The topological polar surface area (TPSA) is 49.9 Å². The van der Waals surface area contributed by atoms with Crippen molar-refractivity contribution >= 4 is 11.9 Å². The molecule has 2 aliphatic rings. The lowest BCUT2D eigenvalue weighted by Gasteiger charge is -2.30. The molecule has 6 heteroatoms. The fraction of sp³-hybridized carbons (Fsp3) is 0.636. The van der Waals surface area contributed by atoms with Crippen LogP contribution in [0.2, 0.25) is 0 Å². The molecule has 2 bridgehead atoms. The molecule has 1 amide bonds. The van der Waals surface area contributed by atoms with Gasteiger partial charge in [-0.05, 0) is 64.7 Å². The maximum Gasteiger partial charge on any atom is 0.311 e. The van der Waals surface area contributed by atoms with Crippen LogP contribution in [0.15, 0.2) is 24.3 Å². The van der Waals surface area contributed by atoms with E-state index in [9.17, 15) is 14.0 Å². The maximum atomic E-state index is 13.2. The zero-order valence-corrected chi connectivity index (χ0v) is 17.4. The van der Waals surface area contributed by atoms with Crippen LogP contribution in [0.25, 0.3) is 0 Å². The zero-order chi connectivity index (χ0) is 20.6. The van der Waals surface area contributed by atoms with Crippen molar-refractivity contribution in [1.29, 1.82) is 0 Å². The molecule has 2 fully saturated rings. The highest BCUT2D eigenvalue weighted by molar-refractivity contribution is 5.79. The summed E-state index contributed by atoms with van der Waals surface area (Å²) in [5.41, 5.74) is 0.401. The number of hydrogen-bond acceptors (Lipinski definition) is 4. The van der Waals surface area contributed by atoms with Gasteiger partial charge in [0.2, 0.25) is 5.91 Å². The summed E-state index contributed by atoms with van der Waals surface area (Å²) < 4.78 is 18.7. The second-order valence-electron chi connectivity index (χ2n) is 9.08. The molecule has 0 unspecified atom stereocenters. The first-order chi connectivity index (χ1) is 13.1. The van der Waals surface area contributed by atoms with Crippen LogP contribution in [0.1, 0.15) is 58.6 Å². The molecule has 0 spiro atoms. The average Bonchev–Trinajstić information content (AvgIpc) is 3.16. The van der Waals surface area contributed by atoms with Crippen LogP contribution in [0.5, 0.6) is 0 Å². The summed E-state index contributed by atoms with van der Waals surface area (Å²) in [5.74, 6) is -0.568. The highest BCUT2D eigenvalue weighted by Crippen LogP contribution is 2.42. The molecule has 28 heavy (non-hydrogen) atoms. The van der Waals surface area contributed by atoms with E-state index in [-0.39, 0.29) is 41.7 Å². The Morgan fingerprint density at radius 2 is 1.89 bits per heavy atom. The van der Waals surface area contributed by atoms with E-state index >= 15 is 0 Å². The molecule has 0 N–H and O–H groups in total. The van der Waals surface area contributed by atoms with Gasteiger partial charge < -0.3 is 9.64 Å². The predicted molar refractivity (Wildman–Crippen MR) is 105 cm³/mol. The van der Waals surface area contributed by atoms with Crippen molar-refractivity contribution in [3.05, 3.63) is 35.6 Å². The second-order valence-corrected chi connectivity index (χ2v) is 9.08. The van der Waals surface area contributed by atoms with Crippen molar-refractivity contribution in [3.8, 4) is 0 Å². The van der Waals surface area contributed by atoms with Gasteiger partial charge in [-0.2, -0.15) is 0 Å². The minimum absolute atomic E-state index is 0.0126. The Bertz CT molecular complexity index is 728. The number of amides is 1. The number of nitrogens with zero attached hydrogens (tertiary/aromatic N) is 2. The van der Waals surface area contributed by atoms with E-state index in [2.05, 4.69) is 4.90 Å². The fourth-order valence-electron chi connectivity index (χ4n) is 4.43. The van der Waals surface area contributed by atoms with E-state index in [4.69, 9.17) is 4.74 Å². The number of rotatable bonds is 5. The Balaban J connectivity index is 1.62. The standard InChI is InChI=1S/C22H31FN2O3/c1-14(15-6-8-16(23)9-7-15)24(5)20(26)13-25-17-10-11-19(25)18(12-17)21(27)28-22(2,3)4/h6-9,14,17-19H,10-13H2,1-5H3/t14-,17+,18-,19+/m1/s1. The van der Waals surface area contributed by atoms with Gasteiger partial charge in [-0.25, -0.2) is 4.39 Å². The molecule has 1 aromatic carbocycles. The lowest BCUT2D eigenvalue weighted by atomic mass is 9.89. The molecule has 2 heterocycles. The lowest BCUT2D eigenvalue weighted by molar-refractivity contribution is -0.161. The van der Waals surface area contributed by atoms with E-state index in [0.29, 0.717) is 6.54 Å². The smallest absolute Gasteiger partial charge is 0.311 e. The molecule has 0 aliphatic carbocycles. The molecular formula is C22H31FN2O3. The van der Waals surface area contributed by atoms with Gasteiger partial charge in [-0.3, -0.25) is 14.5 Å². The minimum atomic E-state index is -0.496. The van der Waals surface area contributed by atoms with Gasteiger partial charge in [0.1, 0.15) is 11.4 Å². The SMILES string of the molecule is C[C@H](c1ccc(F)cc1)N(C)C(=O)CN1[C@H]2CC[C@H]1[C@H](C(=O)OC(C)(C)C)C2. The zero-order valence-electron chi connectivity index (χ0n) is 17.4. The number of likely N-dealkylation sites (N-methyl/N-ethyl adjacent to an activating group) is 1. The van der Waals surface area contributed by atoms with Gasteiger partial charge in [-0.1, -0.05) is 12.1 Å². The number of halogens is 1. The Hall–Kier alpha value is -1.95. The molecular weight excluding hydrogens is 359 g/mol. The minimum Gasteiger partial charge on any atom is -0.460 e. The third-order valence-electron chi connectivity index (χ3n) is 6.04. The van der Waals surface area contributed by atoms with Gasteiger partial charge in [0.15, 0.2) is 0 Å². The number of benzene rings is 1. The first-order valence-electron chi connectivity index (χ1n) is 10.1. The van der Waals surface area contributed by atoms with Gasteiger partial charge >= 0.3 is 5.97 Å². The summed E-state index contributed by atoms with van der Waals surface area (Å²) >= 11 is 0. The summed E-state index contributed by atoms with van der Waals surface area (Å²) in [6.45, 7) is 7.88. The van der Waals surface area contributed by atoms with Crippen molar-refractivity contribution in [2.75, 3.05) is 13.6 Å². The van der Waals surface area contributed by atoms with E-state index in [1.807, 2.05) is 27.7 Å². The summed E-state index contributed by atoms with van der Waals surface area (Å²) in [7, 11) is 1.78. The molecule has 0 saturated carbocycles. The highest BCUT2D eigenvalue weighted by Gasteiger charge is 2.50. The van der Waals surface area contributed by atoms with Crippen molar-refractivity contribution in [1.82, 2.24) is 9.80 Å². The molecule has 5 nitrogen and oxygen atoms in total. The maximum absolute atomic E-state index is 13.2.